The van der Waals surface area contributed by atoms with Gasteiger partial charge in [-0.15, -0.1) is 5.10 Å². The Morgan fingerprint density at radius 2 is 2.00 bits per heavy atom. The zero-order valence-electron chi connectivity index (χ0n) is 14.3. The summed E-state index contributed by atoms with van der Waals surface area (Å²) in [4.78, 5) is 13.3. The number of carbonyl (C=O) groups excluding carboxylic acids is 1. The van der Waals surface area contributed by atoms with E-state index in [9.17, 15) is 4.79 Å². The van der Waals surface area contributed by atoms with Gasteiger partial charge < -0.3 is 10.2 Å². The van der Waals surface area contributed by atoms with Crippen molar-refractivity contribution < 1.29 is 9.69 Å². The molecule has 0 saturated carbocycles. The fourth-order valence-electron chi connectivity index (χ4n) is 2.54. The van der Waals surface area contributed by atoms with E-state index in [2.05, 4.69) is 27.8 Å². The standard InChI is InChI=1S/C16H24N6O/c1-5-9-22-14(18-19-20-22)10-21(4)11-15(23)17-16-12(2)7-6-8-13(16)3/h6-8H,5,9-11H2,1-4H3,(H,17,23)/p+1. The molecule has 0 fully saturated rings. The third kappa shape index (κ3) is 4.59. The van der Waals surface area contributed by atoms with Crippen LogP contribution in [0, 0.1) is 13.8 Å². The van der Waals surface area contributed by atoms with Crippen LogP contribution in [0.2, 0.25) is 0 Å². The fraction of sp³-hybridized carbons (Fsp3) is 0.500. The van der Waals surface area contributed by atoms with E-state index in [0.717, 1.165) is 40.5 Å². The Hall–Kier alpha value is -2.28. The first kappa shape index (κ1) is 17.1. The summed E-state index contributed by atoms with van der Waals surface area (Å²) in [7, 11) is 1.97. The summed E-state index contributed by atoms with van der Waals surface area (Å²) in [5.41, 5.74) is 3.05. The highest BCUT2D eigenvalue weighted by molar-refractivity contribution is 5.93. The van der Waals surface area contributed by atoms with Crippen molar-refractivity contribution in [3.63, 3.8) is 0 Å². The van der Waals surface area contributed by atoms with Crippen molar-refractivity contribution in [2.24, 2.45) is 0 Å². The number of aryl methyl sites for hydroxylation is 3. The van der Waals surface area contributed by atoms with Crippen LogP contribution in [-0.4, -0.2) is 39.7 Å². The molecule has 0 bridgehead atoms. The molecule has 0 spiro atoms. The largest absolute Gasteiger partial charge is 0.323 e. The number of carbonyl (C=O) groups is 1. The number of nitrogens with zero attached hydrogens (tertiary/aromatic N) is 4. The highest BCUT2D eigenvalue weighted by Gasteiger charge is 2.16. The number of anilines is 1. The molecule has 124 valence electrons. The van der Waals surface area contributed by atoms with Crippen molar-refractivity contribution in [3.8, 4) is 0 Å². The van der Waals surface area contributed by atoms with Gasteiger partial charge in [-0.05, 0) is 41.8 Å². The monoisotopic (exact) mass is 317 g/mol. The third-order valence-electron chi connectivity index (χ3n) is 3.71. The molecule has 1 amide bonds. The van der Waals surface area contributed by atoms with E-state index >= 15 is 0 Å². The Balaban J connectivity index is 1.93. The number of hydrogen-bond acceptors (Lipinski definition) is 4. The maximum atomic E-state index is 12.3. The average Bonchev–Trinajstić information content (AvgIpc) is 2.90. The van der Waals surface area contributed by atoms with Crippen LogP contribution >= 0.6 is 0 Å². The molecule has 1 heterocycles. The molecular weight excluding hydrogens is 292 g/mol. The van der Waals surface area contributed by atoms with E-state index in [1.54, 1.807) is 4.68 Å². The molecule has 2 aromatic rings. The van der Waals surface area contributed by atoms with Gasteiger partial charge in [0, 0.05) is 12.2 Å². The van der Waals surface area contributed by atoms with Gasteiger partial charge in [0.25, 0.3) is 5.91 Å². The Kier molecular flexibility index (Phi) is 5.81. The number of rotatable bonds is 7. The summed E-state index contributed by atoms with van der Waals surface area (Å²) < 4.78 is 1.80. The van der Waals surface area contributed by atoms with Gasteiger partial charge in [-0.25, -0.2) is 4.68 Å². The van der Waals surface area contributed by atoms with Crippen LogP contribution in [0.1, 0.15) is 30.3 Å². The molecular formula is C16H25N6O+. The van der Waals surface area contributed by atoms with E-state index in [0.29, 0.717) is 13.1 Å². The predicted molar refractivity (Wildman–Crippen MR) is 88.1 cm³/mol. The van der Waals surface area contributed by atoms with Crippen LogP contribution in [0.5, 0.6) is 0 Å². The quantitative estimate of drug-likeness (QED) is 0.773. The summed E-state index contributed by atoms with van der Waals surface area (Å²) in [5.74, 6) is 0.804. The number of quaternary nitrogens is 1. The molecule has 7 nitrogen and oxygen atoms in total. The number of likely N-dealkylation sites (N-methyl/N-ethyl adjacent to an activating group) is 1. The summed E-state index contributed by atoms with van der Waals surface area (Å²) in [6.07, 6.45) is 0.976. The zero-order chi connectivity index (χ0) is 16.8. The number of tetrazole rings is 1. The second-order valence-corrected chi connectivity index (χ2v) is 5.94. The molecule has 0 aliphatic rings. The number of nitrogens with one attached hydrogen (secondary N) is 2. The normalized spacial score (nSPS) is 12.2. The second-order valence-electron chi connectivity index (χ2n) is 5.94. The first-order valence-corrected chi connectivity index (χ1v) is 7.93. The molecule has 23 heavy (non-hydrogen) atoms. The highest BCUT2D eigenvalue weighted by Crippen LogP contribution is 2.18. The Labute approximate surface area is 136 Å². The van der Waals surface area contributed by atoms with Crippen molar-refractivity contribution in [1.29, 1.82) is 0 Å². The second kappa shape index (κ2) is 7.82. The van der Waals surface area contributed by atoms with E-state index in [1.165, 1.54) is 0 Å². The lowest BCUT2D eigenvalue weighted by atomic mass is 10.1. The summed E-state index contributed by atoms with van der Waals surface area (Å²) >= 11 is 0. The lowest BCUT2D eigenvalue weighted by Gasteiger charge is -2.15. The van der Waals surface area contributed by atoms with E-state index < -0.39 is 0 Å². The van der Waals surface area contributed by atoms with Gasteiger partial charge in [-0.1, -0.05) is 25.1 Å². The number of benzene rings is 1. The van der Waals surface area contributed by atoms with Crippen molar-refractivity contribution in [2.75, 3.05) is 18.9 Å². The molecule has 0 aliphatic carbocycles. The summed E-state index contributed by atoms with van der Waals surface area (Å²) in [5, 5.41) is 14.7. The molecule has 1 unspecified atom stereocenters. The van der Waals surface area contributed by atoms with Gasteiger partial charge in [0.15, 0.2) is 6.54 Å². The molecule has 0 saturated heterocycles. The van der Waals surface area contributed by atoms with Gasteiger partial charge in [0.05, 0.1) is 7.05 Å². The Morgan fingerprint density at radius 1 is 1.30 bits per heavy atom. The molecule has 1 aromatic carbocycles. The zero-order valence-corrected chi connectivity index (χ0v) is 14.3. The van der Waals surface area contributed by atoms with Crippen molar-refractivity contribution >= 4 is 11.6 Å². The van der Waals surface area contributed by atoms with Crippen molar-refractivity contribution in [3.05, 3.63) is 35.2 Å². The van der Waals surface area contributed by atoms with E-state index in [-0.39, 0.29) is 5.91 Å². The van der Waals surface area contributed by atoms with E-state index in [4.69, 9.17) is 0 Å². The van der Waals surface area contributed by atoms with Gasteiger partial charge in [-0.2, -0.15) is 0 Å². The number of aromatic nitrogens is 4. The van der Waals surface area contributed by atoms with Gasteiger partial charge in [0.1, 0.15) is 6.54 Å². The molecule has 7 heteroatoms. The lowest BCUT2D eigenvalue weighted by molar-refractivity contribution is -0.886. The SMILES string of the molecule is CCCn1nnnc1C[NH+](C)CC(=O)Nc1c(C)cccc1C. The maximum Gasteiger partial charge on any atom is 0.279 e. The Morgan fingerprint density at radius 3 is 2.65 bits per heavy atom. The first-order chi connectivity index (χ1) is 11.0. The summed E-state index contributed by atoms with van der Waals surface area (Å²) in [6, 6.07) is 5.99. The van der Waals surface area contributed by atoms with Crippen LogP contribution < -0.4 is 10.2 Å². The van der Waals surface area contributed by atoms with Crippen molar-refractivity contribution in [1.82, 2.24) is 20.2 Å². The molecule has 1 atom stereocenters. The fourth-order valence-corrected chi connectivity index (χ4v) is 2.54. The van der Waals surface area contributed by atoms with Gasteiger partial charge >= 0.3 is 0 Å². The third-order valence-corrected chi connectivity index (χ3v) is 3.71. The maximum absolute atomic E-state index is 12.3. The number of amides is 1. The number of para-hydroxylation sites is 1. The minimum absolute atomic E-state index is 0.00517. The first-order valence-electron chi connectivity index (χ1n) is 7.93. The van der Waals surface area contributed by atoms with Crippen LogP contribution in [0.4, 0.5) is 5.69 Å². The smallest absolute Gasteiger partial charge is 0.279 e. The molecule has 2 N–H and O–H groups in total. The average molecular weight is 317 g/mol. The van der Waals surface area contributed by atoms with Gasteiger partial charge in [0.2, 0.25) is 5.82 Å². The minimum atomic E-state index is -0.00517. The minimum Gasteiger partial charge on any atom is -0.323 e. The predicted octanol–water partition coefficient (Wildman–Crippen LogP) is 0.353. The van der Waals surface area contributed by atoms with Crippen LogP contribution in [0.15, 0.2) is 18.2 Å². The number of hydrogen-bond donors (Lipinski definition) is 2. The highest BCUT2D eigenvalue weighted by atomic mass is 16.2. The van der Waals surface area contributed by atoms with Crippen molar-refractivity contribution in [2.45, 2.75) is 40.3 Å². The molecule has 0 radical (unpaired) electrons. The Bertz CT molecular complexity index is 646. The van der Waals surface area contributed by atoms with Crippen LogP contribution in [0.3, 0.4) is 0 Å². The van der Waals surface area contributed by atoms with Crippen LogP contribution in [0.25, 0.3) is 0 Å². The molecule has 0 aliphatic heterocycles. The molecule has 1 aromatic heterocycles. The molecule has 2 rings (SSSR count). The summed E-state index contributed by atoms with van der Waals surface area (Å²) in [6.45, 7) is 7.86. The lowest BCUT2D eigenvalue weighted by Crippen LogP contribution is -3.08. The topological polar surface area (TPSA) is 77.1 Å². The van der Waals surface area contributed by atoms with Crippen LogP contribution in [-0.2, 0) is 17.9 Å². The van der Waals surface area contributed by atoms with Gasteiger partial charge in [-0.3, -0.25) is 4.79 Å². The van der Waals surface area contributed by atoms with E-state index in [1.807, 2.05) is 39.1 Å².